The molecule has 0 aliphatic rings. The summed E-state index contributed by atoms with van der Waals surface area (Å²) in [6.45, 7) is 3.08. The van der Waals surface area contributed by atoms with Gasteiger partial charge in [-0.3, -0.25) is 4.98 Å². The van der Waals surface area contributed by atoms with Crippen molar-refractivity contribution in [3.05, 3.63) is 76.0 Å². The highest BCUT2D eigenvalue weighted by Crippen LogP contribution is 2.32. The van der Waals surface area contributed by atoms with Crippen molar-refractivity contribution >= 4 is 10.9 Å². The molecule has 0 aliphatic carbocycles. The van der Waals surface area contributed by atoms with Gasteiger partial charge in [0.25, 0.3) is 0 Å². The second-order valence-corrected chi connectivity index (χ2v) is 6.62. The highest BCUT2D eigenvalue weighted by molar-refractivity contribution is 5.85. The van der Waals surface area contributed by atoms with E-state index in [2.05, 4.69) is 45.6 Å². The Kier molecular flexibility index (Phi) is 4.90. The molecule has 2 heterocycles. The fraction of sp³-hybridized carbons (Fsp3) is 0.190. The Morgan fingerprint density at radius 2 is 1.96 bits per heavy atom. The number of ether oxygens (including phenoxy) is 1. The number of aryl methyl sites for hydroxylation is 1. The molecule has 0 aliphatic heterocycles. The van der Waals surface area contributed by atoms with Gasteiger partial charge in [0.2, 0.25) is 0 Å². The van der Waals surface area contributed by atoms with Gasteiger partial charge >= 0.3 is 5.69 Å². The fourth-order valence-corrected chi connectivity index (χ4v) is 3.25. The minimum atomic E-state index is -0.311. The third kappa shape index (κ3) is 3.65. The van der Waals surface area contributed by atoms with Crippen LogP contribution < -0.4 is 15.7 Å². The largest absolute Gasteiger partial charge is 0.496 e. The third-order valence-electron chi connectivity index (χ3n) is 4.57. The average molecular weight is 375 g/mol. The molecule has 2 aromatic heterocycles. The summed E-state index contributed by atoms with van der Waals surface area (Å²) in [7, 11) is 1.66. The van der Waals surface area contributed by atoms with E-state index in [4.69, 9.17) is 9.72 Å². The maximum Gasteiger partial charge on any atom is 0.340 e. The second-order valence-electron chi connectivity index (χ2n) is 6.62. The Balaban J connectivity index is 1.74. The van der Waals surface area contributed by atoms with Crippen molar-refractivity contribution in [2.45, 2.75) is 20.0 Å². The minimum absolute atomic E-state index is 0.311. The summed E-state index contributed by atoms with van der Waals surface area (Å²) >= 11 is 0. The predicted molar refractivity (Wildman–Crippen MR) is 108 cm³/mol. The molecule has 28 heavy (non-hydrogen) atoms. The molecule has 0 fully saturated rings. The standard InChI is InChI=1S/C21H21N5O2/c1-13-7-8-17-14(9-13)10-15(11-22-12-19-24-21(27)26-25-19)20(23-17)16-5-3-4-6-18(16)28-2/h3-10,22H,11-12H2,1-2H3,(H2,24,25,26,27). The molecule has 0 saturated heterocycles. The summed E-state index contributed by atoms with van der Waals surface area (Å²) in [6.07, 6.45) is 0. The molecule has 3 N–H and O–H groups in total. The monoisotopic (exact) mass is 375 g/mol. The molecule has 0 amide bonds. The number of hydrogen-bond acceptors (Lipinski definition) is 5. The van der Waals surface area contributed by atoms with E-state index in [0.29, 0.717) is 18.9 Å². The van der Waals surface area contributed by atoms with E-state index in [-0.39, 0.29) is 5.69 Å². The van der Waals surface area contributed by atoms with Crippen LogP contribution in [0, 0.1) is 6.92 Å². The Morgan fingerprint density at radius 3 is 2.75 bits per heavy atom. The summed E-state index contributed by atoms with van der Waals surface area (Å²) in [5, 5.41) is 10.7. The number of rotatable bonds is 6. The predicted octanol–water partition coefficient (Wildman–Crippen LogP) is 2.92. The zero-order valence-corrected chi connectivity index (χ0v) is 15.7. The molecule has 0 spiro atoms. The lowest BCUT2D eigenvalue weighted by atomic mass is 10.0. The molecule has 7 nitrogen and oxygen atoms in total. The van der Waals surface area contributed by atoms with Crippen molar-refractivity contribution in [3.8, 4) is 17.0 Å². The topological polar surface area (TPSA) is 95.7 Å². The summed E-state index contributed by atoms with van der Waals surface area (Å²) < 4.78 is 5.55. The molecule has 0 radical (unpaired) electrons. The molecule has 142 valence electrons. The van der Waals surface area contributed by atoms with E-state index in [1.54, 1.807) is 7.11 Å². The van der Waals surface area contributed by atoms with Crippen molar-refractivity contribution in [1.82, 2.24) is 25.5 Å². The Hall–Kier alpha value is -3.45. The Morgan fingerprint density at radius 1 is 1.11 bits per heavy atom. The van der Waals surface area contributed by atoms with Crippen LogP contribution in [0.25, 0.3) is 22.2 Å². The van der Waals surface area contributed by atoms with Crippen LogP contribution in [0.2, 0.25) is 0 Å². The molecule has 0 atom stereocenters. The van der Waals surface area contributed by atoms with Crippen molar-refractivity contribution in [3.63, 3.8) is 0 Å². The first-order valence-corrected chi connectivity index (χ1v) is 9.02. The molecule has 4 aromatic rings. The zero-order valence-electron chi connectivity index (χ0n) is 15.7. The van der Waals surface area contributed by atoms with Gasteiger partial charge in [0.1, 0.15) is 11.6 Å². The molecule has 7 heteroatoms. The van der Waals surface area contributed by atoms with Crippen LogP contribution in [0.5, 0.6) is 5.75 Å². The van der Waals surface area contributed by atoms with Crippen molar-refractivity contribution in [2.24, 2.45) is 0 Å². The fourth-order valence-electron chi connectivity index (χ4n) is 3.25. The van der Waals surface area contributed by atoms with Crippen molar-refractivity contribution < 1.29 is 4.74 Å². The molecular formula is C21H21N5O2. The SMILES string of the molecule is COc1ccccc1-c1nc2ccc(C)cc2cc1CNCc1n[nH]c(=O)[nH]1. The lowest BCUT2D eigenvalue weighted by Crippen LogP contribution is -2.15. The molecule has 2 aromatic carbocycles. The van der Waals surface area contributed by atoms with Crippen LogP contribution in [0.3, 0.4) is 0 Å². The first kappa shape index (κ1) is 17.9. The maximum absolute atomic E-state index is 11.2. The molecular weight excluding hydrogens is 354 g/mol. The highest BCUT2D eigenvalue weighted by Gasteiger charge is 2.13. The number of aromatic amines is 2. The third-order valence-corrected chi connectivity index (χ3v) is 4.57. The number of pyridine rings is 1. The minimum Gasteiger partial charge on any atom is -0.496 e. The van der Waals surface area contributed by atoms with Gasteiger partial charge in [0.15, 0.2) is 0 Å². The number of aromatic nitrogens is 4. The summed E-state index contributed by atoms with van der Waals surface area (Å²) in [5.74, 6) is 1.34. The average Bonchev–Trinajstić information content (AvgIpc) is 3.12. The van der Waals surface area contributed by atoms with Crippen LogP contribution >= 0.6 is 0 Å². The summed E-state index contributed by atoms with van der Waals surface area (Å²) in [6, 6.07) is 16.2. The molecule has 0 unspecified atom stereocenters. The number of para-hydroxylation sites is 1. The van der Waals surface area contributed by atoms with Crippen LogP contribution in [0.1, 0.15) is 17.0 Å². The van der Waals surface area contributed by atoms with E-state index in [1.165, 1.54) is 5.56 Å². The van der Waals surface area contributed by atoms with Crippen molar-refractivity contribution in [1.29, 1.82) is 0 Å². The van der Waals surface area contributed by atoms with Crippen LogP contribution in [0.4, 0.5) is 0 Å². The van der Waals surface area contributed by atoms with Crippen LogP contribution in [-0.4, -0.2) is 27.3 Å². The lowest BCUT2D eigenvalue weighted by molar-refractivity contribution is 0.416. The first-order chi connectivity index (χ1) is 13.6. The maximum atomic E-state index is 11.2. The Labute approximate surface area is 161 Å². The summed E-state index contributed by atoms with van der Waals surface area (Å²) in [5.41, 5.74) is 4.67. The number of fused-ring (bicyclic) bond motifs is 1. The summed E-state index contributed by atoms with van der Waals surface area (Å²) in [4.78, 5) is 18.8. The van der Waals surface area contributed by atoms with Gasteiger partial charge in [-0.1, -0.05) is 23.8 Å². The van der Waals surface area contributed by atoms with Gasteiger partial charge in [0.05, 0.1) is 24.9 Å². The van der Waals surface area contributed by atoms with Gasteiger partial charge in [-0.15, -0.1) is 0 Å². The second kappa shape index (κ2) is 7.66. The molecule has 0 bridgehead atoms. The lowest BCUT2D eigenvalue weighted by Gasteiger charge is -2.14. The number of hydrogen-bond donors (Lipinski definition) is 3. The number of nitrogens with one attached hydrogen (secondary N) is 3. The van der Waals surface area contributed by atoms with Gasteiger partial charge in [-0.05, 0) is 42.8 Å². The van der Waals surface area contributed by atoms with Crippen molar-refractivity contribution in [2.75, 3.05) is 7.11 Å². The van der Waals surface area contributed by atoms with Gasteiger partial charge in [0, 0.05) is 17.5 Å². The van der Waals surface area contributed by atoms with Gasteiger partial charge < -0.3 is 10.1 Å². The number of nitrogens with zero attached hydrogens (tertiary/aromatic N) is 2. The van der Waals surface area contributed by atoms with Gasteiger partial charge in [-0.25, -0.2) is 14.9 Å². The quantitative estimate of drug-likeness (QED) is 0.482. The number of benzene rings is 2. The van der Waals surface area contributed by atoms with E-state index >= 15 is 0 Å². The number of H-pyrrole nitrogens is 2. The normalized spacial score (nSPS) is 11.1. The molecule has 4 rings (SSSR count). The Bertz CT molecular complexity index is 1180. The zero-order chi connectivity index (χ0) is 19.5. The molecule has 0 saturated carbocycles. The first-order valence-electron chi connectivity index (χ1n) is 9.02. The van der Waals surface area contributed by atoms with E-state index in [9.17, 15) is 4.79 Å². The van der Waals surface area contributed by atoms with E-state index in [0.717, 1.165) is 33.5 Å². The highest BCUT2D eigenvalue weighted by atomic mass is 16.5. The number of methoxy groups -OCH3 is 1. The van der Waals surface area contributed by atoms with Gasteiger partial charge in [-0.2, -0.15) is 5.10 Å². The van der Waals surface area contributed by atoms with Crippen LogP contribution in [-0.2, 0) is 13.1 Å². The van der Waals surface area contributed by atoms with Crippen LogP contribution in [0.15, 0.2) is 53.3 Å². The smallest absolute Gasteiger partial charge is 0.340 e. The van der Waals surface area contributed by atoms with E-state index < -0.39 is 0 Å². The van der Waals surface area contributed by atoms with E-state index in [1.807, 2.05) is 30.3 Å².